The summed E-state index contributed by atoms with van der Waals surface area (Å²) in [5.74, 6) is 0.634. The van der Waals surface area contributed by atoms with Gasteiger partial charge in [-0.15, -0.1) is 0 Å². The van der Waals surface area contributed by atoms with Crippen molar-refractivity contribution in [2.45, 2.75) is 37.9 Å². The fraction of sp³-hybridized carbons (Fsp3) is 0.533. The van der Waals surface area contributed by atoms with E-state index in [0.29, 0.717) is 17.6 Å². The summed E-state index contributed by atoms with van der Waals surface area (Å²) in [5, 5.41) is 0. The molecule has 0 aliphatic heterocycles. The van der Waals surface area contributed by atoms with Crippen LogP contribution in [0.15, 0.2) is 18.2 Å². The Labute approximate surface area is 127 Å². The lowest BCUT2D eigenvalue weighted by molar-refractivity contribution is -0.137. The van der Waals surface area contributed by atoms with Gasteiger partial charge in [-0.05, 0) is 49.8 Å². The largest absolute Gasteiger partial charge is 0.417 e. The van der Waals surface area contributed by atoms with Gasteiger partial charge in [-0.3, -0.25) is 0 Å². The molecule has 2 aliphatic rings. The SMILES string of the molecule is NC(=S)c1ccc(N(CC2CC2)C2CC2)cc1C(F)(F)F. The first kappa shape index (κ1) is 14.6. The van der Waals surface area contributed by atoms with Gasteiger partial charge in [0.1, 0.15) is 4.99 Å². The number of nitrogens with zero attached hydrogens (tertiary/aromatic N) is 1. The van der Waals surface area contributed by atoms with E-state index in [0.717, 1.165) is 19.4 Å². The van der Waals surface area contributed by atoms with Crippen LogP contribution in [0.1, 0.15) is 36.8 Å². The van der Waals surface area contributed by atoms with Crippen molar-refractivity contribution in [3.05, 3.63) is 29.3 Å². The molecule has 114 valence electrons. The number of benzene rings is 1. The summed E-state index contributed by atoms with van der Waals surface area (Å²) in [4.78, 5) is 1.91. The van der Waals surface area contributed by atoms with Crippen LogP contribution in [-0.2, 0) is 6.18 Å². The Morgan fingerprint density at radius 1 is 1.24 bits per heavy atom. The summed E-state index contributed by atoms with van der Waals surface area (Å²) in [5.41, 5.74) is 5.23. The Kier molecular flexibility index (Phi) is 3.59. The Balaban J connectivity index is 1.96. The van der Waals surface area contributed by atoms with Crippen LogP contribution in [0.4, 0.5) is 18.9 Å². The molecule has 6 heteroatoms. The van der Waals surface area contributed by atoms with Gasteiger partial charge >= 0.3 is 6.18 Å². The maximum absolute atomic E-state index is 13.2. The first-order chi connectivity index (χ1) is 9.86. The van der Waals surface area contributed by atoms with Gasteiger partial charge in [0.05, 0.1) is 5.56 Å². The number of nitrogens with two attached hydrogens (primary N) is 1. The molecule has 2 N–H and O–H groups in total. The Hall–Kier alpha value is -1.30. The van der Waals surface area contributed by atoms with E-state index in [-0.39, 0.29) is 10.6 Å². The van der Waals surface area contributed by atoms with Crippen molar-refractivity contribution in [3.8, 4) is 0 Å². The van der Waals surface area contributed by atoms with Crippen LogP contribution in [0.3, 0.4) is 0 Å². The highest BCUT2D eigenvalue weighted by atomic mass is 32.1. The number of hydrogen-bond donors (Lipinski definition) is 1. The van der Waals surface area contributed by atoms with E-state index in [4.69, 9.17) is 18.0 Å². The van der Waals surface area contributed by atoms with E-state index >= 15 is 0 Å². The molecule has 2 aliphatic carbocycles. The van der Waals surface area contributed by atoms with E-state index in [9.17, 15) is 13.2 Å². The Bertz CT molecular complexity index is 563. The van der Waals surface area contributed by atoms with E-state index in [1.54, 1.807) is 6.07 Å². The Morgan fingerprint density at radius 2 is 1.90 bits per heavy atom. The summed E-state index contributed by atoms with van der Waals surface area (Å²) in [6.07, 6.45) is 0.0421. The van der Waals surface area contributed by atoms with Crippen LogP contribution in [0, 0.1) is 5.92 Å². The fourth-order valence-corrected chi connectivity index (χ4v) is 2.77. The van der Waals surface area contributed by atoms with Crippen molar-refractivity contribution >= 4 is 22.9 Å². The zero-order valence-electron chi connectivity index (χ0n) is 11.5. The predicted molar refractivity (Wildman–Crippen MR) is 80.4 cm³/mol. The molecule has 0 spiro atoms. The van der Waals surface area contributed by atoms with Gasteiger partial charge in [0.15, 0.2) is 0 Å². The Morgan fingerprint density at radius 3 is 2.38 bits per heavy atom. The van der Waals surface area contributed by atoms with Crippen LogP contribution in [0.25, 0.3) is 0 Å². The van der Waals surface area contributed by atoms with Crippen LogP contribution in [-0.4, -0.2) is 17.6 Å². The molecule has 2 nitrogen and oxygen atoms in total. The van der Waals surface area contributed by atoms with E-state index in [1.165, 1.54) is 25.0 Å². The second-order valence-corrected chi connectivity index (χ2v) is 6.36. The van der Waals surface area contributed by atoms with Crippen molar-refractivity contribution in [2.75, 3.05) is 11.4 Å². The van der Waals surface area contributed by atoms with Crippen molar-refractivity contribution in [3.63, 3.8) is 0 Å². The number of hydrogen-bond acceptors (Lipinski definition) is 2. The van der Waals surface area contributed by atoms with Crippen LogP contribution in [0.5, 0.6) is 0 Å². The van der Waals surface area contributed by atoms with Crippen molar-refractivity contribution < 1.29 is 13.2 Å². The number of alkyl halides is 3. The lowest BCUT2D eigenvalue weighted by Gasteiger charge is -2.26. The summed E-state index contributed by atoms with van der Waals surface area (Å²) < 4.78 is 39.6. The molecule has 1 aromatic rings. The molecule has 0 aromatic heterocycles. The molecule has 0 heterocycles. The third-order valence-electron chi connectivity index (χ3n) is 4.05. The van der Waals surface area contributed by atoms with Crippen LogP contribution in [0.2, 0.25) is 0 Å². The van der Waals surface area contributed by atoms with E-state index < -0.39 is 11.7 Å². The third-order valence-corrected chi connectivity index (χ3v) is 4.27. The molecule has 0 atom stereocenters. The van der Waals surface area contributed by atoms with Gasteiger partial charge in [-0.25, -0.2) is 0 Å². The summed E-state index contributed by atoms with van der Waals surface area (Å²) in [7, 11) is 0. The molecule has 0 saturated heterocycles. The summed E-state index contributed by atoms with van der Waals surface area (Å²) in [6.45, 7) is 0.856. The minimum atomic E-state index is -4.44. The first-order valence-corrected chi connectivity index (χ1v) is 7.55. The molecule has 0 unspecified atom stereocenters. The average molecular weight is 314 g/mol. The summed E-state index contributed by atoms with van der Waals surface area (Å²) >= 11 is 4.74. The van der Waals surface area contributed by atoms with Gasteiger partial charge in [0.2, 0.25) is 0 Å². The molecular formula is C15H17F3N2S. The first-order valence-electron chi connectivity index (χ1n) is 7.14. The summed E-state index contributed by atoms with van der Waals surface area (Å²) in [6, 6.07) is 4.71. The second kappa shape index (κ2) is 5.16. The quantitative estimate of drug-likeness (QED) is 0.840. The highest BCUT2D eigenvalue weighted by molar-refractivity contribution is 7.80. The molecule has 2 saturated carbocycles. The molecule has 21 heavy (non-hydrogen) atoms. The molecule has 3 rings (SSSR count). The van der Waals surface area contributed by atoms with E-state index in [2.05, 4.69) is 4.90 Å². The number of thiocarbonyl (C=S) groups is 1. The second-order valence-electron chi connectivity index (χ2n) is 5.92. The van der Waals surface area contributed by atoms with Gasteiger partial charge in [-0.2, -0.15) is 13.2 Å². The minimum Gasteiger partial charge on any atom is -0.389 e. The number of halogens is 3. The van der Waals surface area contributed by atoms with Gasteiger partial charge in [0.25, 0.3) is 0 Å². The zero-order chi connectivity index (χ0) is 15.2. The van der Waals surface area contributed by atoms with Gasteiger partial charge in [-0.1, -0.05) is 12.2 Å². The predicted octanol–water partition coefficient (Wildman–Crippen LogP) is 3.72. The van der Waals surface area contributed by atoms with Gasteiger partial charge < -0.3 is 10.6 Å². The molecule has 1 aromatic carbocycles. The molecule has 2 fully saturated rings. The maximum atomic E-state index is 13.2. The maximum Gasteiger partial charge on any atom is 0.417 e. The van der Waals surface area contributed by atoms with Crippen molar-refractivity contribution in [2.24, 2.45) is 11.7 Å². The van der Waals surface area contributed by atoms with Gasteiger partial charge in [0, 0.05) is 23.8 Å². The highest BCUT2D eigenvalue weighted by Gasteiger charge is 2.37. The smallest absolute Gasteiger partial charge is 0.389 e. The zero-order valence-corrected chi connectivity index (χ0v) is 12.3. The average Bonchev–Trinajstić information content (AvgIpc) is 3.25. The monoisotopic (exact) mass is 314 g/mol. The lowest BCUT2D eigenvalue weighted by atomic mass is 10.0. The standard InChI is InChI=1S/C15H17F3N2S/c16-15(17,18)13-7-11(5-6-12(13)14(19)21)20(10-3-4-10)8-9-1-2-9/h5-7,9-10H,1-4,8H2,(H2,19,21). The van der Waals surface area contributed by atoms with Crippen molar-refractivity contribution in [1.29, 1.82) is 0 Å². The lowest BCUT2D eigenvalue weighted by Crippen LogP contribution is -2.29. The normalized spacial score (nSPS) is 18.6. The van der Waals surface area contributed by atoms with Crippen LogP contribution < -0.4 is 10.6 Å². The highest BCUT2D eigenvalue weighted by Crippen LogP contribution is 2.40. The van der Waals surface area contributed by atoms with E-state index in [1.807, 2.05) is 0 Å². The molecular weight excluding hydrogens is 297 g/mol. The third kappa shape index (κ3) is 3.31. The molecule has 0 amide bonds. The number of anilines is 1. The molecule has 0 radical (unpaired) electrons. The van der Waals surface area contributed by atoms with Crippen molar-refractivity contribution in [1.82, 2.24) is 0 Å². The topological polar surface area (TPSA) is 29.3 Å². The molecule has 0 bridgehead atoms. The van der Waals surface area contributed by atoms with Crippen LogP contribution >= 0.6 is 12.2 Å². The fourth-order valence-electron chi connectivity index (χ4n) is 2.59. The number of rotatable bonds is 5. The minimum absolute atomic E-state index is 0.0941.